The topological polar surface area (TPSA) is 131 Å². The predicted octanol–water partition coefficient (Wildman–Crippen LogP) is 2.30. The molecule has 9 nitrogen and oxygen atoms in total. The van der Waals surface area contributed by atoms with E-state index in [1.807, 2.05) is 24.3 Å². The molecule has 4 rings (SSSR count). The molecular formula is C22H25ClN4O5S2. The Labute approximate surface area is 206 Å². The van der Waals surface area contributed by atoms with Crippen LogP contribution in [0.1, 0.15) is 23.1 Å². The summed E-state index contributed by atoms with van der Waals surface area (Å²) in [7, 11) is -2.53. The van der Waals surface area contributed by atoms with Gasteiger partial charge in [-0.3, -0.25) is 10.1 Å². The Balaban J connectivity index is 1.61. The van der Waals surface area contributed by atoms with Crippen molar-refractivity contribution in [1.82, 2.24) is 20.6 Å². The van der Waals surface area contributed by atoms with E-state index < -0.39 is 27.2 Å². The first-order valence-corrected chi connectivity index (χ1v) is 13.6. The number of rotatable bonds is 11. The van der Waals surface area contributed by atoms with Crippen LogP contribution in [0.25, 0.3) is 21.3 Å². The average Bonchev–Trinajstić information content (AvgIpc) is 3.52. The average molecular weight is 525 g/mol. The quantitative estimate of drug-likeness (QED) is 0.257. The lowest BCUT2D eigenvalue weighted by atomic mass is 10.1. The van der Waals surface area contributed by atoms with Crippen LogP contribution in [0, 0.1) is 0 Å². The lowest BCUT2D eigenvalue weighted by Crippen LogP contribution is -2.44. The van der Waals surface area contributed by atoms with E-state index >= 15 is 0 Å². The second-order valence-electron chi connectivity index (χ2n) is 8.05. The smallest absolute Gasteiger partial charge is 0.245 e. The first kappa shape index (κ1) is 25.0. The highest BCUT2D eigenvalue weighted by Gasteiger charge is 2.37. The molecule has 1 saturated carbocycles. The number of pyridine rings is 1. The van der Waals surface area contributed by atoms with Gasteiger partial charge in [-0.2, -0.15) is 0 Å². The normalized spacial score (nSPS) is 15.9. The van der Waals surface area contributed by atoms with E-state index in [2.05, 4.69) is 20.6 Å². The first-order chi connectivity index (χ1) is 16.3. The summed E-state index contributed by atoms with van der Waals surface area (Å²) in [6.45, 7) is -0.152. The van der Waals surface area contributed by atoms with Crippen molar-refractivity contribution in [3.63, 3.8) is 0 Å². The van der Waals surface area contributed by atoms with E-state index in [1.165, 1.54) is 7.11 Å². The van der Waals surface area contributed by atoms with Crippen LogP contribution in [0.5, 0.6) is 0 Å². The molecule has 0 aliphatic heterocycles. The lowest BCUT2D eigenvalue weighted by molar-refractivity contribution is -0.121. The molecule has 1 aromatic carbocycles. The maximum Gasteiger partial charge on any atom is 0.245 e. The van der Waals surface area contributed by atoms with Gasteiger partial charge < -0.3 is 15.2 Å². The standard InChI is InChI=1S/C22H25ClN4O5S2/c1-32-8-9-34(30,31)20(21(29)25-12-19(28)26-15-4-5-15)22-27-16-10-13(2-6-17(16)33-22)14-3-7-18(23)24-11-14/h2-3,6-7,10-11,15,19-20,26,28H,4-5,8-9,12H2,1H3,(H,25,29). The zero-order chi connectivity index (χ0) is 24.3. The van der Waals surface area contributed by atoms with Gasteiger partial charge in [-0.25, -0.2) is 18.4 Å². The number of hydrogen-bond acceptors (Lipinski definition) is 9. The van der Waals surface area contributed by atoms with Crippen LogP contribution >= 0.6 is 22.9 Å². The van der Waals surface area contributed by atoms with Crippen molar-refractivity contribution in [2.75, 3.05) is 26.0 Å². The zero-order valence-electron chi connectivity index (χ0n) is 18.4. The lowest BCUT2D eigenvalue weighted by Gasteiger charge is -2.18. The van der Waals surface area contributed by atoms with Gasteiger partial charge in [0.1, 0.15) is 16.4 Å². The first-order valence-electron chi connectivity index (χ1n) is 10.7. The molecule has 1 aliphatic rings. The van der Waals surface area contributed by atoms with E-state index in [-0.39, 0.29) is 30.0 Å². The van der Waals surface area contributed by atoms with Crippen molar-refractivity contribution in [2.24, 2.45) is 0 Å². The van der Waals surface area contributed by atoms with Crippen LogP contribution in [0.2, 0.25) is 5.15 Å². The fraction of sp³-hybridized carbons (Fsp3) is 0.409. The molecule has 3 N–H and O–H groups in total. The van der Waals surface area contributed by atoms with E-state index in [9.17, 15) is 18.3 Å². The molecule has 0 saturated heterocycles. The molecule has 182 valence electrons. The van der Waals surface area contributed by atoms with Gasteiger partial charge in [-0.15, -0.1) is 11.3 Å². The molecule has 1 aliphatic carbocycles. The van der Waals surface area contributed by atoms with E-state index in [0.717, 1.165) is 40.0 Å². The van der Waals surface area contributed by atoms with Crippen molar-refractivity contribution < 1.29 is 23.1 Å². The minimum Gasteiger partial charge on any atom is -0.384 e. The number of nitrogens with zero attached hydrogens (tertiary/aromatic N) is 2. The van der Waals surface area contributed by atoms with Gasteiger partial charge in [0.25, 0.3) is 0 Å². The summed E-state index contributed by atoms with van der Waals surface area (Å²) in [5.74, 6) is -1.06. The molecule has 1 fully saturated rings. The molecule has 2 unspecified atom stereocenters. The van der Waals surface area contributed by atoms with Crippen LogP contribution < -0.4 is 10.6 Å². The highest BCUT2D eigenvalue weighted by Crippen LogP contribution is 2.34. The molecule has 12 heteroatoms. The number of sulfone groups is 1. The number of ether oxygens (including phenoxy) is 1. The van der Waals surface area contributed by atoms with E-state index in [1.54, 1.807) is 12.3 Å². The number of thiazole rings is 1. The summed E-state index contributed by atoms with van der Waals surface area (Å²) in [5.41, 5.74) is 2.24. The Morgan fingerprint density at radius 1 is 1.29 bits per heavy atom. The van der Waals surface area contributed by atoms with Crippen LogP contribution in [-0.4, -0.2) is 67.7 Å². The molecule has 1 amide bonds. The van der Waals surface area contributed by atoms with Crippen molar-refractivity contribution in [2.45, 2.75) is 30.4 Å². The molecule has 3 aromatic rings. The molecule has 0 spiro atoms. The maximum atomic E-state index is 13.1. The summed E-state index contributed by atoms with van der Waals surface area (Å²) in [5, 5.41) is 14.6. The van der Waals surface area contributed by atoms with Crippen molar-refractivity contribution in [3.05, 3.63) is 46.7 Å². The molecule has 2 heterocycles. The summed E-state index contributed by atoms with van der Waals surface area (Å²) in [6, 6.07) is 9.28. The van der Waals surface area contributed by atoms with Gasteiger partial charge in [0.15, 0.2) is 15.1 Å². The predicted molar refractivity (Wildman–Crippen MR) is 131 cm³/mol. The highest BCUT2D eigenvalue weighted by atomic mass is 35.5. The number of carbonyl (C=O) groups is 1. The second kappa shape index (κ2) is 10.6. The number of fused-ring (bicyclic) bond motifs is 1. The fourth-order valence-electron chi connectivity index (χ4n) is 3.40. The Morgan fingerprint density at radius 3 is 2.74 bits per heavy atom. The Hall–Kier alpha value is -2.15. The van der Waals surface area contributed by atoms with Gasteiger partial charge in [0, 0.05) is 24.9 Å². The molecule has 0 radical (unpaired) electrons. The number of nitrogens with one attached hydrogen (secondary N) is 2. The van der Waals surface area contributed by atoms with Crippen LogP contribution in [0.15, 0.2) is 36.5 Å². The number of hydrogen-bond donors (Lipinski definition) is 3. The summed E-state index contributed by atoms with van der Waals surface area (Å²) >= 11 is 7.02. The molecule has 2 atom stereocenters. The molecule has 34 heavy (non-hydrogen) atoms. The monoisotopic (exact) mass is 524 g/mol. The highest BCUT2D eigenvalue weighted by molar-refractivity contribution is 7.92. The Kier molecular flexibility index (Phi) is 7.80. The van der Waals surface area contributed by atoms with Crippen LogP contribution in [0.3, 0.4) is 0 Å². The molecule has 2 aromatic heterocycles. The number of amides is 1. The van der Waals surface area contributed by atoms with Crippen molar-refractivity contribution in [1.29, 1.82) is 0 Å². The molecular weight excluding hydrogens is 500 g/mol. The van der Waals surface area contributed by atoms with Gasteiger partial charge in [0.05, 0.1) is 29.1 Å². The van der Waals surface area contributed by atoms with Gasteiger partial charge in [-0.1, -0.05) is 17.7 Å². The maximum absolute atomic E-state index is 13.1. The third-order valence-electron chi connectivity index (χ3n) is 5.33. The van der Waals surface area contributed by atoms with Crippen LogP contribution in [-0.2, 0) is 19.4 Å². The number of aliphatic hydroxyl groups excluding tert-OH is 1. The number of halogens is 1. The second-order valence-corrected chi connectivity index (χ2v) is 11.7. The summed E-state index contributed by atoms with van der Waals surface area (Å²) in [4.78, 5) is 21.6. The van der Waals surface area contributed by atoms with Crippen molar-refractivity contribution in [3.8, 4) is 11.1 Å². The fourth-order valence-corrected chi connectivity index (χ4v) is 6.43. The number of methoxy groups -OCH3 is 1. The van der Waals surface area contributed by atoms with Gasteiger partial charge >= 0.3 is 0 Å². The SMILES string of the molecule is COCCS(=O)(=O)C(C(=O)NCC(O)NC1CC1)c1nc2cc(-c3ccc(Cl)nc3)ccc2s1. The van der Waals surface area contributed by atoms with Crippen LogP contribution in [0.4, 0.5) is 0 Å². The van der Waals surface area contributed by atoms with Crippen molar-refractivity contribution >= 4 is 48.9 Å². The zero-order valence-corrected chi connectivity index (χ0v) is 20.8. The Bertz CT molecular complexity index is 1260. The minimum absolute atomic E-state index is 0.0451. The third-order valence-corrected chi connectivity index (χ3v) is 8.70. The van der Waals surface area contributed by atoms with E-state index in [0.29, 0.717) is 10.7 Å². The van der Waals surface area contributed by atoms with E-state index in [4.69, 9.17) is 16.3 Å². The van der Waals surface area contributed by atoms with Gasteiger partial charge in [-0.05, 0) is 42.7 Å². The molecule has 0 bridgehead atoms. The summed E-state index contributed by atoms with van der Waals surface area (Å²) in [6.07, 6.45) is 2.63. The summed E-state index contributed by atoms with van der Waals surface area (Å²) < 4.78 is 31.9. The Morgan fingerprint density at radius 2 is 2.06 bits per heavy atom. The number of aromatic nitrogens is 2. The number of benzene rings is 1. The third kappa shape index (κ3) is 6.09. The number of aliphatic hydroxyl groups is 1. The van der Waals surface area contributed by atoms with Gasteiger partial charge in [0.2, 0.25) is 5.91 Å². The minimum atomic E-state index is -3.93. The largest absolute Gasteiger partial charge is 0.384 e. The number of carbonyl (C=O) groups excluding carboxylic acids is 1.